The quantitative estimate of drug-likeness (QED) is 0.826. The SMILES string of the molecule is O=C(Cc1ccccc1Cl)N1CCCN(C(=O)c2ccc(F)cc2)CC1. The van der Waals surface area contributed by atoms with E-state index in [2.05, 4.69) is 0 Å². The third kappa shape index (κ3) is 4.41. The lowest BCUT2D eigenvalue weighted by Crippen LogP contribution is -2.38. The van der Waals surface area contributed by atoms with Crippen molar-refractivity contribution < 1.29 is 14.0 Å². The highest BCUT2D eigenvalue weighted by atomic mass is 35.5. The van der Waals surface area contributed by atoms with Gasteiger partial charge < -0.3 is 9.80 Å². The number of hydrogen-bond acceptors (Lipinski definition) is 2. The zero-order valence-electron chi connectivity index (χ0n) is 14.3. The van der Waals surface area contributed by atoms with Crippen molar-refractivity contribution in [1.82, 2.24) is 9.80 Å². The molecular weight excluding hydrogens is 355 g/mol. The molecule has 3 rings (SSSR count). The van der Waals surface area contributed by atoms with Gasteiger partial charge in [-0.25, -0.2) is 4.39 Å². The zero-order chi connectivity index (χ0) is 18.5. The summed E-state index contributed by atoms with van der Waals surface area (Å²) in [5.74, 6) is -0.492. The summed E-state index contributed by atoms with van der Waals surface area (Å²) in [4.78, 5) is 28.6. The Morgan fingerprint density at radius 3 is 2.31 bits per heavy atom. The largest absolute Gasteiger partial charge is 0.341 e. The van der Waals surface area contributed by atoms with E-state index in [0.29, 0.717) is 43.2 Å². The Hall–Kier alpha value is -2.40. The van der Waals surface area contributed by atoms with Crippen LogP contribution in [0.1, 0.15) is 22.3 Å². The third-order valence-corrected chi connectivity index (χ3v) is 4.90. The molecule has 1 fully saturated rings. The van der Waals surface area contributed by atoms with Gasteiger partial charge in [0.05, 0.1) is 6.42 Å². The summed E-state index contributed by atoms with van der Waals surface area (Å²) < 4.78 is 13.0. The number of nitrogens with zero attached hydrogens (tertiary/aromatic N) is 2. The summed E-state index contributed by atoms with van der Waals surface area (Å²) in [5, 5.41) is 0.587. The van der Waals surface area contributed by atoms with Crippen LogP contribution in [0, 0.1) is 5.82 Å². The van der Waals surface area contributed by atoms with Crippen molar-refractivity contribution in [2.45, 2.75) is 12.8 Å². The molecule has 4 nitrogen and oxygen atoms in total. The number of carbonyl (C=O) groups excluding carboxylic acids is 2. The average Bonchev–Trinajstić information content (AvgIpc) is 2.90. The number of amides is 2. The van der Waals surface area contributed by atoms with Crippen molar-refractivity contribution in [2.24, 2.45) is 0 Å². The third-order valence-electron chi connectivity index (χ3n) is 4.53. The van der Waals surface area contributed by atoms with Crippen LogP contribution >= 0.6 is 11.6 Å². The van der Waals surface area contributed by atoms with Gasteiger partial charge in [-0.15, -0.1) is 0 Å². The maximum Gasteiger partial charge on any atom is 0.253 e. The number of halogens is 2. The molecule has 0 aliphatic carbocycles. The highest BCUT2D eigenvalue weighted by Gasteiger charge is 2.23. The standard InChI is InChI=1S/C20H20ClFN2O2/c21-18-5-2-1-4-16(18)14-19(25)23-10-3-11-24(13-12-23)20(26)15-6-8-17(22)9-7-15/h1-2,4-9H,3,10-14H2. The molecular formula is C20H20ClFN2O2. The number of hydrogen-bond donors (Lipinski definition) is 0. The second-order valence-electron chi connectivity index (χ2n) is 6.30. The molecule has 1 aliphatic rings. The molecule has 0 atom stereocenters. The Morgan fingerprint density at radius 1 is 0.923 bits per heavy atom. The van der Waals surface area contributed by atoms with Gasteiger partial charge in [-0.2, -0.15) is 0 Å². The van der Waals surface area contributed by atoms with Gasteiger partial charge in [0.2, 0.25) is 5.91 Å². The van der Waals surface area contributed by atoms with E-state index in [-0.39, 0.29) is 24.1 Å². The van der Waals surface area contributed by atoms with E-state index in [1.165, 1.54) is 24.3 Å². The molecule has 0 aromatic heterocycles. The molecule has 26 heavy (non-hydrogen) atoms. The van der Waals surface area contributed by atoms with Gasteiger partial charge in [0.25, 0.3) is 5.91 Å². The number of benzene rings is 2. The lowest BCUT2D eigenvalue weighted by Gasteiger charge is -2.22. The van der Waals surface area contributed by atoms with Crippen molar-refractivity contribution in [3.8, 4) is 0 Å². The summed E-state index contributed by atoms with van der Waals surface area (Å²) in [5.41, 5.74) is 1.27. The van der Waals surface area contributed by atoms with Crippen LogP contribution in [-0.4, -0.2) is 47.8 Å². The maximum atomic E-state index is 13.0. The van der Waals surface area contributed by atoms with Crippen LogP contribution in [0.15, 0.2) is 48.5 Å². The van der Waals surface area contributed by atoms with Gasteiger partial charge in [0.15, 0.2) is 0 Å². The Labute approximate surface area is 157 Å². The molecule has 0 radical (unpaired) electrons. The summed E-state index contributed by atoms with van der Waals surface area (Å²) in [6.07, 6.45) is 0.965. The summed E-state index contributed by atoms with van der Waals surface area (Å²) >= 11 is 6.13. The van der Waals surface area contributed by atoms with Crippen LogP contribution in [0.2, 0.25) is 5.02 Å². The van der Waals surface area contributed by atoms with Gasteiger partial charge in [-0.3, -0.25) is 9.59 Å². The Kier molecular flexibility index (Phi) is 5.89. The van der Waals surface area contributed by atoms with Crippen LogP contribution in [0.5, 0.6) is 0 Å². The highest BCUT2D eigenvalue weighted by Crippen LogP contribution is 2.17. The first-order valence-corrected chi connectivity index (χ1v) is 8.98. The molecule has 1 aliphatic heterocycles. The Bertz CT molecular complexity index is 795. The molecule has 0 spiro atoms. The first-order valence-electron chi connectivity index (χ1n) is 8.60. The maximum absolute atomic E-state index is 13.0. The van der Waals surface area contributed by atoms with E-state index in [1.54, 1.807) is 15.9 Å². The van der Waals surface area contributed by atoms with E-state index < -0.39 is 0 Å². The van der Waals surface area contributed by atoms with Crippen molar-refractivity contribution in [3.63, 3.8) is 0 Å². The first-order chi connectivity index (χ1) is 12.5. The van der Waals surface area contributed by atoms with Crippen LogP contribution in [-0.2, 0) is 11.2 Å². The van der Waals surface area contributed by atoms with Crippen LogP contribution in [0.3, 0.4) is 0 Å². The summed E-state index contributed by atoms with van der Waals surface area (Å²) in [7, 11) is 0. The minimum absolute atomic E-state index is 0.00850. The van der Waals surface area contributed by atoms with E-state index in [0.717, 1.165) is 5.56 Å². The lowest BCUT2D eigenvalue weighted by atomic mass is 10.1. The normalized spacial score (nSPS) is 14.8. The first kappa shape index (κ1) is 18.4. The molecule has 0 N–H and O–H groups in total. The van der Waals surface area contributed by atoms with E-state index in [1.807, 2.05) is 18.2 Å². The van der Waals surface area contributed by atoms with E-state index in [4.69, 9.17) is 11.6 Å². The molecule has 136 valence electrons. The lowest BCUT2D eigenvalue weighted by molar-refractivity contribution is -0.130. The van der Waals surface area contributed by atoms with Crippen molar-refractivity contribution in [1.29, 1.82) is 0 Å². The smallest absolute Gasteiger partial charge is 0.253 e. The van der Waals surface area contributed by atoms with Crippen LogP contribution < -0.4 is 0 Å². The van der Waals surface area contributed by atoms with Crippen molar-refractivity contribution in [2.75, 3.05) is 26.2 Å². The summed E-state index contributed by atoms with van der Waals surface area (Å²) in [6, 6.07) is 12.9. The van der Waals surface area contributed by atoms with Gasteiger partial charge in [0.1, 0.15) is 5.82 Å². The molecule has 2 amide bonds. The molecule has 0 bridgehead atoms. The van der Waals surface area contributed by atoms with Crippen LogP contribution in [0.25, 0.3) is 0 Å². The minimum atomic E-state index is -0.367. The van der Waals surface area contributed by atoms with Gasteiger partial charge in [-0.05, 0) is 42.3 Å². The van der Waals surface area contributed by atoms with E-state index in [9.17, 15) is 14.0 Å². The van der Waals surface area contributed by atoms with Gasteiger partial charge in [0, 0.05) is 36.8 Å². The van der Waals surface area contributed by atoms with Gasteiger partial charge >= 0.3 is 0 Å². The second kappa shape index (κ2) is 8.32. The number of rotatable bonds is 3. The zero-order valence-corrected chi connectivity index (χ0v) is 15.1. The number of carbonyl (C=O) groups is 2. The van der Waals surface area contributed by atoms with Crippen LogP contribution in [0.4, 0.5) is 4.39 Å². The second-order valence-corrected chi connectivity index (χ2v) is 6.71. The minimum Gasteiger partial charge on any atom is -0.341 e. The van der Waals surface area contributed by atoms with E-state index >= 15 is 0 Å². The molecule has 1 heterocycles. The predicted octanol–water partition coefficient (Wildman–Crippen LogP) is 3.40. The predicted molar refractivity (Wildman–Crippen MR) is 98.7 cm³/mol. The van der Waals surface area contributed by atoms with Crippen molar-refractivity contribution in [3.05, 3.63) is 70.5 Å². The molecule has 0 unspecified atom stereocenters. The van der Waals surface area contributed by atoms with Crippen molar-refractivity contribution >= 4 is 23.4 Å². The average molecular weight is 375 g/mol. The topological polar surface area (TPSA) is 40.6 Å². The summed E-state index contributed by atoms with van der Waals surface area (Å²) in [6.45, 7) is 2.13. The fraction of sp³-hybridized carbons (Fsp3) is 0.300. The highest BCUT2D eigenvalue weighted by molar-refractivity contribution is 6.31. The molecule has 0 saturated carbocycles. The molecule has 1 saturated heterocycles. The molecule has 2 aromatic rings. The fourth-order valence-corrected chi connectivity index (χ4v) is 3.26. The monoisotopic (exact) mass is 374 g/mol. The van der Waals surface area contributed by atoms with Gasteiger partial charge in [-0.1, -0.05) is 29.8 Å². The fourth-order valence-electron chi connectivity index (χ4n) is 3.06. The Morgan fingerprint density at radius 2 is 1.58 bits per heavy atom. The Balaban J connectivity index is 1.61. The molecule has 2 aromatic carbocycles. The molecule has 6 heteroatoms.